The van der Waals surface area contributed by atoms with Gasteiger partial charge in [0.15, 0.2) is 0 Å². The molecule has 0 bridgehead atoms. The Hall–Kier alpha value is -1.03. The Labute approximate surface area is 93.5 Å². The van der Waals surface area contributed by atoms with Crippen LogP contribution < -0.4 is 5.73 Å². The molecule has 1 rings (SSSR count). The second-order valence-electron chi connectivity index (χ2n) is 4.36. The third kappa shape index (κ3) is 3.52. The van der Waals surface area contributed by atoms with Crippen molar-refractivity contribution in [2.45, 2.75) is 32.5 Å². The van der Waals surface area contributed by atoms with Crippen molar-refractivity contribution < 1.29 is 13.2 Å². The Balaban J connectivity index is 2.79. The van der Waals surface area contributed by atoms with Gasteiger partial charge in [0.05, 0.1) is 0 Å². The molecule has 90 valence electrons. The van der Waals surface area contributed by atoms with Gasteiger partial charge in [-0.2, -0.15) is 13.2 Å². The third-order valence-electron chi connectivity index (χ3n) is 2.34. The summed E-state index contributed by atoms with van der Waals surface area (Å²) in [7, 11) is 0. The van der Waals surface area contributed by atoms with Gasteiger partial charge < -0.3 is 5.73 Å². The van der Waals surface area contributed by atoms with Gasteiger partial charge in [-0.05, 0) is 23.5 Å². The molecule has 1 nitrogen and oxygen atoms in total. The number of benzene rings is 1. The number of hydrogen-bond acceptors (Lipinski definition) is 1. The van der Waals surface area contributed by atoms with Crippen molar-refractivity contribution in [1.82, 2.24) is 0 Å². The number of hydrogen-bond donors (Lipinski definition) is 1. The quantitative estimate of drug-likeness (QED) is 0.847. The Kier molecular flexibility index (Phi) is 3.97. The average Bonchev–Trinajstić information content (AvgIpc) is 2.15. The molecule has 4 heteroatoms. The standard InChI is InChI=1S/C12H16F3N/c1-8(2)7-9-3-5-10(6-4-9)11(16)12(13,14)15/h3-6,8,11H,7,16H2,1-2H3/t11-/m0/s1. The number of rotatable bonds is 3. The van der Waals surface area contributed by atoms with E-state index in [1.54, 1.807) is 12.1 Å². The van der Waals surface area contributed by atoms with Crippen molar-refractivity contribution in [3.63, 3.8) is 0 Å². The zero-order valence-electron chi connectivity index (χ0n) is 9.38. The molecule has 0 aliphatic carbocycles. The predicted molar refractivity (Wildman–Crippen MR) is 58.0 cm³/mol. The largest absolute Gasteiger partial charge is 0.407 e. The third-order valence-corrected chi connectivity index (χ3v) is 2.34. The van der Waals surface area contributed by atoms with Gasteiger partial charge in [0, 0.05) is 0 Å². The molecule has 2 N–H and O–H groups in total. The summed E-state index contributed by atoms with van der Waals surface area (Å²) in [6.45, 7) is 4.13. The first kappa shape index (κ1) is 13.0. The molecule has 0 saturated carbocycles. The van der Waals surface area contributed by atoms with Crippen LogP contribution in [0.5, 0.6) is 0 Å². The second kappa shape index (κ2) is 4.87. The summed E-state index contributed by atoms with van der Waals surface area (Å²) < 4.78 is 37.0. The highest BCUT2D eigenvalue weighted by atomic mass is 19.4. The monoisotopic (exact) mass is 231 g/mol. The molecule has 0 amide bonds. The van der Waals surface area contributed by atoms with Gasteiger partial charge in [0.2, 0.25) is 0 Å². The van der Waals surface area contributed by atoms with E-state index in [0.29, 0.717) is 5.92 Å². The highest BCUT2D eigenvalue weighted by Gasteiger charge is 2.37. The molecule has 0 aromatic heterocycles. The van der Waals surface area contributed by atoms with Crippen molar-refractivity contribution in [2.75, 3.05) is 0 Å². The summed E-state index contributed by atoms with van der Waals surface area (Å²) in [4.78, 5) is 0. The smallest absolute Gasteiger partial charge is 0.316 e. The summed E-state index contributed by atoms with van der Waals surface area (Å²) in [5.41, 5.74) is 6.24. The van der Waals surface area contributed by atoms with E-state index in [4.69, 9.17) is 5.73 Å². The molecule has 1 aromatic rings. The lowest BCUT2D eigenvalue weighted by atomic mass is 9.99. The summed E-state index contributed by atoms with van der Waals surface area (Å²) in [5, 5.41) is 0. The topological polar surface area (TPSA) is 26.0 Å². The molecule has 16 heavy (non-hydrogen) atoms. The zero-order valence-corrected chi connectivity index (χ0v) is 9.38. The van der Waals surface area contributed by atoms with Gasteiger partial charge in [-0.3, -0.25) is 0 Å². The van der Waals surface area contributed by atoms with Crippen molar-refractivity contribution in [2.24, 2.45) is 11.7 Å². The molecule has 0 spiro atoms. The minimum Gasteiger partial charge on any atom is -0.316 e. The molecule has 0 unspecified atom stereocenters. The van der Waals surface area contributed by atoms with Crippen LogP contribution in [0.1, 0.15) is 31.0 Å². The maximum Gasteiger partial charge on any atom is 0.407 e. The normalized spacial score (nSPS) is 14.2. The molecule has 0 aliphatic rings. The predicted octanol–water partition coefficient (Wildman–Crippen LogP) is 3.45. The van der Waals surface area contributed by atoms with E-state index in [9.17, 15) is 13.2 Å². The summed E-state index contributed by atoms with van der Waals surface area (Å²) in [6.07, 6.45) is -3.51. The lowest BCUT2D eigenvalue weighted by molar-refractivity contribution is -0.149. The number of alkyl halides is 3. The van der Waals surface area contributed by atoms with Crippen molar-refractivity contribution >= 4 is 0 Å². The van der Waals surface area contributed by atoms with Crippen LogP contribution in [0, 0.1) is 5.92 Å². The van der Waals surface area contributed by atoms with Gasteiger partial charge in [0.1, 0.15) is 6.04 Å². The fourth-order valence-electron chi connectivity index (χ4n) is 1.52. The number of nitrogens with two attached hydrogens (primary N) is 1. The first-order valence-corrected chi connectivity index (χ1v) is 5.22. The number of halogens is 3. The molecule has 0 heterocycles. The minimum atomic E-state index is -4.38. The van der Waals surface area contributed by atoms with E-state index in [1.807, 2.05) is 0 Å². The van der Waals surface area contributed by atoms with Gasteiger partial charge in [0.25, 0.3) is 0 Å². The Morgan fingerprint density at radius 1 is 1.12 bits per heavy atom. The fraction of sp³-hybridized carbons (Fsp3) is 0.500. The lowest BCUT2D eigenvalue weighted by Crippen LogP contribution is -2.28. The van der Waals surface area contributed by atoms with Crippen LogP contribution in [0.3, 0.4) is 0 Å². The van der Waals surface area contributed by atoms with Crippen molar-refractivity contribution in [3.05, 3.63) is 35.4 Å². The first-order chi connectivity index (χ1) is 7.30. The van der Waals surface area contributed by atoms with Crippen LogP contribution in [0.25, 0.3) is 0 Å². The van der Waals surface area contributed by atoms with Crippen LogP contribution in [0.2, 0.25) is 0 Å². The summed E-state index contributed by atoms with van der Waals surface area (Å²) in [5.74, 6) is 0.488. The van der Waals surface area contributed by atoms with E-state index >= 15 is 0 Å². The first-order valence-electron chi connectivity index (χ1n) is 5.22. The van der Waals surface area contributed by atoms with Crippen LogP contribution in [-0.2, 0) is 6.42 Å². The fourth-order valence-corrected chi connectivity index (χ4v) is 1.52. The molecular formula is C12H16F3N. The highest BCUT2D eigenvalue weighted by molar-refractivity contribution is 5.26. The molecule has 1 atom stereocenters. The van der Waals surface area contributed by atoms with Crippen molar-refractivity contribution in [1.29, 1.82) is 0 Å². The minimum absolute atomic E-state index is 0.111. The maximum absolute atomic E-state index is 12.3. The molecular weight excluding hydrogens is 215 g/mol. The van der Waals surface area contributed by atoms with Crippen molar-refractivity contribution in [3.8, 4) is 0 Å². The average molecular weight is 231 g/mol. The van der Waals surface area contributed by atoms with Crippen LogP contribution >= 0.6 is 0 Å². The lowest BCUT2D eigenvalue weighted by Gasteiger charge is -2.16. The SMILES string of the molecule is CC(C)Cc1ccc([C@H](N)C(F)(F)F)cc1. The highest BCUT2D eigenvalue weighted by Crippen LogP contribution is 2.30. The van der Waals surface area contributed by atoms with E-state index in [0.717, 1.165) is 12.0 Å². The van der Waals surface area contributed by atoms with Crippen LogP contribution in [0.15, 0.2) is 24.3 Å². The Morgan fingerprint density at radius 3 is 2.00 bits per heavy atom. The Morgan fingerprint density at radius 2 is 1.62 bits per heavy atom. The zero-order chi connectivity index (χ0) is 12.3. The van der Waals surface area contributed by atoms with E-state index in [1.165, 1.54) is 12.1 Å². The molecule has 0 aliphatic heterocycles. The molecule has 0 saturated heterocycles. The van der Waals surface area contributed by atoms with Gasteiger partial charge in [-0.25, -0.2) is 0 Å². The van der Waals surface area contributed by atoms with Crippen LogP contribution in [0.4, 0.5) is 13.2 Å². The second-order valence-corrected chi connectivity index (χ2v) is 4.36. The molecule has 1 aromatic carbocycles. The summed E-state index contributed by atoms with van der Waals surface area (Å²) in [6, 6.07) is 4.44. The summed E-state index contributed by atoms with van der Waals surface area (Å²) >= 11 is 0. The van der Waals surface area contributed by atoms with E-state index < -0.39 is 12.2 Å². The maximum atomic E-state index is 12.3. The van der Waals surface area contributed by atoms with E-state index in [-0.39, 0.29) is 5.56 Å². The van der Waals surface area contributed by atoms with E-state index in [2.05, 4.69) is 13.8 Å². The molecule has 0 radical (unpaired) electrons. The van der Waals surface area contributed by atoms with Gasteiger partial charge >= 0.3 is 6.18 Å². The molecule has 0 fully saturated rings. The van der Waals surface area contributed by atoms with Gasteiger partial charge in [-0.15, -0.1) is 0 Å². The van der Waals surface area contributed by atoms with Gasteiger partial charge in [-0.1, -0.05) is 38.1 Å². The van der Waals surface area contributed by atoms with Crippen LogP contribution in [-0.4, -0.2) is 6.18 Å². The Bertz CT molecular complexity index is 327.